The van der Waals surface area contributed by atoms with E-state index in [1.165, 1.54) is 0 Å². The van der Waals surface area contributed by atoms with Crippen LogP contribution in [0.5, 0.6) is 0 Å². The first kappa shape index (κ1) is 18.9. The second-order valence-corrected chi connectivity index (χ2v) is 14.2. The maximum atomic E-state index is 11.8. The predicted molar refractivity (Wildman–Crippen MR) is 93.8 cm³/mol. The number of aliphatic carboxylic acids is 1. The predicted octanol–water partition coefficient (Wildman–Crippen LogP) is 3.89. The number of aliphatic hydroxyl groups is 1. The molecule has 0 saturated heterocycles. The average molecular weight is 343 g/mol. The highest BCUT2D eigenvalue weighted by Crippen LogP contribution is 2.59. The van der Waals surface area contributed by atoms with Gasteiger partial charge in [0.05, 0.1) is 17.6 Å². The summed E-state index contributed by atoms with van der Waals surface area (Å²) in [6, 6.07) is 0. The molecular formula is C18H34O4Si. The molecule has 0 bridgehead atoms. The molecule has 2 saturated carbocycles. The minimum Gasteiger partial charge on any atom is -0.481 e. The number of rotatable bonds is 4. The Morgan fingerprint density at radius 2 is 1.87 bits per heavy atom. The fourth-order valence-corrected chi connectivity index (χ4v) is 6.45. The Balaban J connectivity index is 2.32. The fourth-order valence-electron chi connectivity index (χ4n) is 4.74. The highest BCUT2D eigenvalue weighted by molar-refractivity contribution is 6.74. The smallest absolute Gasteiger partial charge is 0.306 e. The van der Waals surface area contributed by atoms with E-state index >= 15 is 0 Å². The van der Waals surface area contributed by atoms with Crippen LogP contribution in [0.25, 0.3) is 0 Å². The zero-order valence-electron chi connectivity index (χ0n) is 15.7. The van der Waals surface area contributed by atoms with E-state index in [1.807, 2.05) is 0 Å². The van der Waals surface area contributed by atoms with Crippen LogP contribution >= 0.6 is 0 Å². The third-order valence-corrected chi connectivity index (χ3v) is 11.5. The molecule has 2 aliphatic rings. The van der Waals surface area contributed by atoms with Crippen molar-refractivity contribution in [3.8, 4) is 0 Å². The van der Waals surface area contributed by atoms with Crippen molar-refractivity contribution in [2.24, 2.45) is 23.7 Å². The number of hydrogen-bond acceptors (Lipinski definition) is 3. The first-order valence-electron chi connectivity index (χ1n) is 8.91. The molecular weight excluding hydrogens is 308 g/mol. The molecule has 0 radical (unpaired) electrons. The second-order valence-electron chi connectivity index (χ2n) is 9.49. The molecule has 0 aromatic rings. The van der Waals surface area contributed by atoms with Crippen LogP contribution in [-0.4, -0.2) is 36.2 Å². The highest BCUT2D eigenvalue weighted by atomic mass is 28.4. The van der Waals surface area contributed by atoms with Gasteiger partial charge in [0.2, 0.25) is 0 Å². The van der Waals surface area contributed by atoms with Gasteiger partial charge in [-0.25, -0.2) is 0 Å². The van der Waals surface area contributed by atoms with Gasteiger partial charge in [-0.1, -0.05) is 20.8 Å². The Labute approximate surface area is 141 Å². The van der Waals surface area contributed by atoms with E-state index < -0.39 is 26.3 Å². The summed E-state index contributed by atoms with van der Waals surface area (Å²) in [6.45, 7) is 15.1. The summed E-state index contributed by atoms with van der Waals surface area (Å²) < 4.78 is 6.77. The van der Waals surface area contributed by atoms with Gasteiger partial charge >= 0.3 is 5.97 Å². The van der Waals surface area contributed by atoms with Crippen molar-refractivity contribution in [1.29, 1.82) is 0 Å². The largest absolute Gasteiger partial charge is 0.481 e. The Morgan fingerprint density at radius 1 is 1.30 bits per heavy atom. The quantitative estimate of drug-likeness (QED) is 0.761. The van der Waals surface area contributed by atoms with Gasteiger partial charge in [-0.05, 0) is 69.0 Å². The van der Waals surface area contributed by atoms with Crippen LogP contribution in [0.4, 0.5) is 0 Å². The summed E-state index contributed by atoms with van der Waals surface area (Å²) in [5, 5.41) is 19.9. The molecule has 4 nitrogen and oxygen atoms in total. The molecule has 0 spiro atoms. The van der Waals surface area contributed by atoms with E-state index in [-0.39, 0.29) is 28.4 Å². The van der Waals surface area contributed by atoms with Gasteiger partial charge in [0.1, 0.15) is 0 Å². The Kier molecular flexibility index (Phi) is 4.82. The topological polar surface area (TPSA) is 66.8 Å². The van der Waals surface area contributed by atoms with Crippen LogP contribution in [0.2, 0.25) is 18.1 Å². The molecule has 23 heavy (non-hydrogen) atoms. The zero-order chi connectivity index (χ0) is 17.8. The molecule has 5 heteroatoms. The number of fused-ring (bicyclic) bond motifs is 1. The van der Waals surface area contributed by atoms with Crippen molar-refractivity contribution in [1.82, 2.24) is 0 Å². The molecule has 0 aromatic heterocycles. The first-order chi connectivity index (χ1) is 10.3. The average Bonchev–Trinajstić information content (AvgIpc) is 2.87. The lowest BCUT2D eigenvalue weighted by atomic mass is 9.81. The molecule has 134 valence electrons. The fraction of sp³-hybridized carbons (Fsp3) is 0.944. The van der Waals surface area contributed by atoms with Crippen molar-refractivity contribution < 1.29 is 19.4 Å². The first-order valence-corrected chi connectivity index (χ1v) is 11.8. The molecule has 2 rings (SSSR count). The molecule has 6 atom stereocenters. The molecule has 0 amide bonds. The van der Waals surface area contributed by atoms with Crippen LogP contribution in [-0.2, 0) is 9.22 Å². The minimum absolute atomic E-state index is 0.0438. The van der Waals surface area contributed by atoms with Gasteiger partial charge < -0.3 is 14.6 Å². The maximum Gasteiger partial charge on any atom is 0.306 e. The Bertz CT molecular complexity index is 468. The number of carboxylic acids is 1. The van der Waals surface area contributed by atoms with Gasteiger partial charge in [-0.15, -0.1) is 0 Å². The summed E-state index contributed by atoms with van der Waals surface area (Å²) in [6.07, 6.45) is 2.01. The van der Waals surface area contributed by atoms with Crippen LogP contribution in [0.15, 0.2) is 0 Å². The van der Waals surface area contributed by atoms with Crippen molar-refractivity contribution in [2.45, 2.75) is 83.7 Å². The number of carbonyl (C=O) groups is 1. The molecule has 1 unspecified atom stereocenters. The third kappa shape index (κ3) is 3.24. The lowest BCUT2D eigenvalue weighted by Gasteiger charge is -2.45. The van der Waals surface area contributed by atoms with E-state index in [2.05, 4.69) is 40.8 Å². The molecule has 0 heterocycles. The standard InChI is InChI=1S/C18H34O4Si/c1-11(19)12-8-9-14-15(12)13(16(20)21)10-18(14,5)22-23(6,7)17(2,3)4/h11-15,19H,8-10H2,1-7H3,(H,20,21)/t11?,12-,13-,14+,15+,18+/m0/s1. The van der Waals surface area contributed by atoms with Crippen LogP contribution in [0.1, 0.15) is 53.9 Å². The van der Waals surface area contributed by atoms with Gasteiger partial charge in [-0.3, -0.25) is 4.79 Å². The summed E-state index contributed by atoms with van der Waals surface area (Å²) in [4.78, 5) is 11.8. The number of carboxylic acid groups (broad SMARTS) is 1. The van der Waals surface area contributed by atoms with Gasteiger partial charge in [-0.2, -0.15) is 0 Å². The Morgan fingerprint density at radius 3 is 2.30 bits per heavy atom. The molecule has 2 fully saturated rings. The van der Waals surface area contributed by atoms with Crippen molar-refractivity contribution in [3.05, 3.63) is 0 Å². The number of hydrogen-bond donors (Lipinski definition) is 2. The third-order valence-electron chi connectivity index (χ3n) is 6.88. The van der Waals surface area contributed by atoms with Crippen LogP contribution in [0, 0.1) is 23.7 Å². The van der Waals surface area contributed by atoms with Crippen molar-refractivity contribution in [3.63, 3.8) is 0 Å². The van der Waals surface area contributed by atoms with Crippen molar-refractivity contribution in [2.75, 3.05) is 0 Å². The van der Waals surface area contributed by atoms with E-state index in [0.717, 1.165) is 12.8 Å². The van der Waals surface area contributed by atoms with Gasteiger partial charge in [0, 0.05) is 0 Å². The normalized spacial score (nSPS) is 39.3. The van der Waals surface area contributed by atoms with Gasteiger partial charge in [0.25, 0.3) is 0 Å². The highest BCUT2D eigenvalue weighted by Gasteiger charge is 2.61. The van der Waals surface area contributed by atoms with Gasteiger partial charge in [0.15, 0.2) is 8.32 Å². The number of aliphatic hydroxyl groups excluding tert-OH is 1. The lowest BCUT2D eigenvalue weighted by Crippen LogP contribution is -2.50. The summed E-state index contributed by atoms with van der Waals surface area (Å²) in [5.74, 6) is -0.738. The monoisotopic (exact) mass is 342 g/mol. The Hall–Kier alpha value is -0.393. The molecule has 2 N–H and O–H groups in total. The van der Waals surface area contributed by atoms with Crippen molar-refractivity contribution >= 4 is 14.3 Å². The van der Waals surface area contributed by atoms with E-state index in [4.69, 9.17) is 4.43 Å². The molecule has 0 aliphatic heterocycles. The minimum atomic E-state index is -1.97. The summed E-state index contributed by atoms with van der Waals surface area (Å²) in [7, 11) is -1.97. The van der Waals surface area contributed by atoms with E-state index in [9.17, 15) is 15.0 Å². The SMILES string of the molecule is CC(O)[C@@H]1CC[C@@H]2[C@H]1[C@@H](C(=O)O)C[C@@]2(C)O[Si](C)(C)C(C)(C)C. The molecule has 0 aromatic carbocycles. The lowest BCUT2D eigenvalue weighted by molar-refractivity contribution is -0.144. The van der Waals surface area contributed by atoms with E-state index in [0.29, 0.717) is 6.42 Å². The zero-order valence-corrected chi connectivity index (χ0v) is 16.7. The van der Waals surface area contributed by atoms with E-state index in [1.54, 1.807) is 6.92 Å². The second kappa shape index (κ2) is 5.85. The van der Waals surface area contributed by atoms with Crippen LogP contribution < -0.4 is 0 Å². The summed E-state index contributed by atoms with van der Waals surface area (Å²) >= 11 is 0. The summed E-state index contributed by atoms with van der Waals surface area (Å²) in [5.41, 5.74) is -0.375. The van der Waals surface area contributed by atoms with Crippen LogP contribution in [0.3, 0.4) is 0 Å². The molecule has 2 aliphatic carbocycles. The maximum absolute atomic E-state index is 11.8.